The van der Waals surface area contributed by atoms with Crippen LogP contribution in [-0.2, 0) is 14.3 Å². The monoisotopic (exact) mass is 446 g/mol. The average Bonchev–Trinajstić information content (AvgIpc) is 2.79. The van der Waals surface area contributed by atoms with Gasteiger partial charge < -0.3 is 14.4 Å². The Labute approximate surface area is 188 Å². The highest BCUT2D eigenvalue weighted by molar-refractivity contribution is 5.69. The van der Waals surface area contributed by atoms with Gasteiger partial charge in [-0.3, -0.25) is 9.69 Å². The van der Waals surface area contributed by atoms with Crippen LogP contribution in [0.3, 0.4) is 0 Å². The van der Waals surface area contributed by atoms with Gasteiger partial charge in [0.05, 0.1) is 13.2 Å². The Morgan fingerprint density at radius 1 is 0.875 bits per heavy atom. The molecule has 0 amide bonds. The second-order valence-electron chi connectivity index (χ2n) is 7.95. The molecule has 0 N–H and O–H groups in total. The van der Waals surface area contributed by atoms with Crippen molar-refractivity contribution in [1.29, 1.82) is 0 Å². The molecule has 7 heteroatoms. The number of nitrogens with zero attached hydrogens (tertiary/aromatic N) is 2. The van der Waals surface area contributed by atoms with Crippen LogP contribution in [0.1, 0.15) is 37.0 Å². The van der Waals surface area contributed by atoms with E-state index in [1.165, 1.54) is 24.3 Å². The Kier molecular flexibility index (Phi) is 9.59. The molecule has 5 nitrogen and oxygen atoms in total. The molecule has 1 heterocycles. The number of hydrogen-bond donors (Lipinski definition) is 0. The van der Waals surface area contributed by atoms with Crippen molar-refractivity contribution in [3.05, 3.63) is 71.3 Å². The van der Waals surface area contributed by atoms with E-state index in [-0.39, 0.29) is 23.7 Å². The average molecular weight is 447 g/mol. The highest BCUT2D eigenvalue weighted by Gasteiger charge is 2.19. The van der Waals surface area contributed by atoms with E-state index in [9.17, 15) is 13.6 Å². The van der Waals surface area contributed by atoms with Gasteiger partial charge in [-0.25, -0.2) is 8.78 Å². The molecule has 1 aliphatic heterocycles. The maximum absolute atomic E-state index is 13.4. The van der Waals surface area contributed by atoms with Crippen LogP contribution in [0, 0.1) is 11.6 Å². The number of hydrogen-bond acceptors (Lipinski definition) is 5. The first kappa shape index (κ1) is 24.3. The molecule has 3 rings (SSSR count). The van der Waals surface area contributed by atoms with Crippen LogP contribution in [0.5, 0.6) is 0 Å². The number of rotatable bonds is 11. The zero-order valence-electron chi connectivity index (χ0n) is 18.6. The molecule has 1 fully saturated rings. The fraction of sp³-hybridized carbons (Fsp3) is 0.480. The van der Waals surface area contributed by atoms with Crippen LogP contribution in [0.15, 0.2) is 48.5 Å². The van der Waals surface area contributed by atoms with E-state index in [2.05, 4.69) is 9.80 Å². The predicted molar refractivity (Wildman–Crippen MR) is 119 cm³/mol. The molecule has 1 saturated heterocycles. The van der Waals surface area contributed by atoms with E-state index in [0.717, 1.165) is 56.8 Å². The van der Waals surface area contributed by atoms with Crippen LogP contribution in [0.4, 0.5) is 8.78 Å². The lowest BCUT2D eigenvalue weighted by Gasteiger charge is -2.34. The number of esters is 1. The fourth-order valence-electron chi connectivity index (χ4n) is 3.88. The number of piperazine rings is 1. The second kappa shape index (κ2) is 12.6. The molecular formula is C25H32F2N2O3. The van der Waals surface area contributed by atoms with Gasteiger partial charge in [-0.2, -0.15) is 0 Å². The van der Waals surface area contributed by atoms with Crippen molar-refractivity contribution in [2.45, 2.75) is 25.9 Å². The van der Waals surface area contributed by atoms with Crippen LogP contribution in [-0.4, -0.2) is 68.3 Å². The Morgan fingerprint density at radius 2 is 1.38 bits per heavy atom. The van der Waals surface area contributed by atoms with Crippen molar-refractivity contribution in [2.24, 2.45) is 0 Å². The highest BCUT2D eigenvalue weighted by atomic mass is 19.1. The molecule has 0 radical (unpaired) electrons. The zero-order valence-corrected chi connectivity index (χ0v) is 18.6. The fourth-order valence-corrected chi connectivity index (χ4v) is 3.88. The summed E-state index contributed by atoms with van der Waals surface area (Å²) >= 11 is 0. The maximum atomic E-state index is 13.4. The molecule has 174 valence electrons. The van der Waals surface area contributed by atoms with Crippen molar-refractivity contribution in [3.8, 4) is 0 Å². The first-order valence-electron chi connectivity index (χ1n) is 11.3. The third-order valence-electron chi connectivity index (χ3n) is 5.66. The topological polar surface area (TPSA) is 42.0 Å². The summed E-state index contributed by atoms with van der Waals surface area (Å²) in [5.41, 5.74) is 1.67. The largest absolute Gasteiger partial charge is 0.466 e. The third kappa shape index (κ3) is 7.65. The van der Waals surface area contributed by atoms with E-state index in [4.69, 9.17) is 9.47 Å². The summed E-state index contributed by atoms with van der Waals surface area (Å²) in [7, 11) is 0. The quantitative estimate of drug-likeness (QED) is 0.488. The van der Waals surface area contributed by atoms with Crippen LogP contribution in [0.2, 0.25) is 0 Å². The Hall–Kier alpha value is -2.35. The predicted octanol–water partition coefficient (Wildman–Crippen LogP) is 4.03. The van der Waals surface area contributed by atoms with Crippen molar-refractivity contribution in [1.82, 2.24) is 9.80 Å². The van der Waals surface area contributed by atoms with Gasteiger partial charge >= 0.3 is 5.97 Å². The minimum Gasteiger partial charge on any atom is -0.466 e. The summed E-state index contributed by atoms with van der Waals surface area (Å²) < 4.78 is 37.9. The van der Waals surface area contributed by atoms with Crippen LogP contribution < -0.4 is 0 Å². The molecule has 0 saturated carbocycles. The van der Waals surface area contributed by atoms with E-state index in [0.29, 0.717) is 19.6 Å². The summed E-state index contributed by atoms with van der Waals surface area (Å²) in [6.45, 7) is 8.27. The van der Waals surface area contributed by atoms with Crippen molar-refractivity contribution in [3.63, 3.8) is 0 Å². The Morgan fingerprint density at radius 3 is 1.88 bits per heavy atom. The Bertz CT molecular complexity index is 777. The third-order valence-corrected chi connectivity index (χ3v) is 5.66. The van der Waals surface area contributed by atoms with Gasteiger partial charge in [-0.05, 0) is 55.3 Å². The molecule has 1 aliphatic rings. The van der Waals surface area contributed by atoms with Crippen LogP contribution in [0.25, 0.3) is 0 Å². The van der Waals surface area contributed by atoms with Crippen molar-refractivity contribution >= 4 is 5.97 Å². The number of carbonyl (C=O) groups excluding carboxylic acids is 1. The summed E-state index contributed by atoms with van der Waals surface area (Å²) in [5, 5.41) is 0. The van der Waals surface area contributed by atoms with Gasteiger partial charge in [0.15, 0.2) is 0 Å². The smallest absolute Gasteiger partial charge is 0.305 e. The number of ether oxygens (including phenoxy) is 2. The summed E-state index contributed by atoms with van der Waals surface area (Å²) in [4.78, 5) is 16.2. The van der Waals surface area contributed by atoms with E-state index in [1.54, 1.807) is 24.3 Å². The Balaban J connectivity index is 1.44. The van der Waals surface area contributed by atoms with Crippen molar-refractivity contribution in [2.75, 3.05) is 52.5 Å². The first-order valence-corrected chi connectivity index (χ1v) is 11.3. The molecule has 2 aromatic rings. The van der Waals surface area contributed by atoms with Gasteiger partial charge in [0.25, 0.3) is 0 Å². The highest BCUT2D eigenvalue weighted by Crippen LogP contribution is 2.26. The molecule has 0 unspecified atom stereocenters. The second-order valence-corrected chi connectivity index (χ2v) is 7.95. The minimum atomic E-state index is -0.375. The van der Waals surface area contributed by atoms with Gasteiger partial charge in [0.2, 0.25) is 0 Å². The molecule has 0 spiro atoms. The normalized spacial score (nSPS) is 15.2. The lowest BCUT2D eigenvalue weighted by atomic mass is 10.0. The SMILES string of the molecule is CCOC(=O)CCCN1CCN(CCOC(c2ccc(F)cc2)c2ccc(F)cc2)CC1. The van der Waals surface area contributed by atoms with Gasteiger partial charge in [0, 0.05) is 39.1 Å². The van der Waals surface area contributed by atoms with Gasteiger partial charge in [0.1, 0.15) is 17.7 Å². The molecule has 0 bridgehead atoms. The lowest BCUT2D eigenvalue weighted by Crippen LogP contribution is -2.47. The molecule has 0 aromatic heterocycles. The van der Waals surface area contributed by atoms with Gasteiger partial charge in [-0.15, -0.1) is 0 Å². The zero-order chi connectivity index (χ0) is 22.8. The van der Waals surface area contributed by atoms with Crippen molar-refractivity contribution < 1.29 is 23.0 Å². The first-order chi connectivity index (χ1) is 15.5. The molecule has 0 atom stereocenters. The molecule has 2 aromatic carbocycles. The number of benzene rings is 2. The van der Waals surface area contributed by atoms with E-state index >= 15 is 0 Å². The molecule has 0 aliphatic carbocycles. The van der Waals surface area contributed by atoms with Crippen LogP contribution >= 0.6 is 0 Å². The molecule has 32 heavy (non-hydrogen) atoms. The summed E-state index contributed by atoms with van der Waals surface area (Å²) in [6.07, 6.45) is 0.912. The summed E-state index contributed by atoms with van der Waals surface area (Å²) in [5.74, 6) is -0.724. The van der Waals surface area contributed by atoms with E-state index < -0.39 is 0 Å². The number of carbonyl (C=O) groups is 1. The number of halogens is 2. The molecular weight excluding hydrogens is 414 g/mol. The van der Waals surface area contributed by atoms with E-state index in [1.807, 2.05) is 6.92 Å². The standard InChI is InChI=1S/C25H32F2N2O3/c1-2-31-24(30)4-3-13-28-14-16-29(17-15-28)18-19-32-25(20-5-9-22(26)10-6-20)21-7-11-23(27)12-8-21/h5-12,25H,2-4,13-19H2,1H3. The minimum absolute atomic E-state index is 0.125. The lowest BCUT2D eigenvalue weighted by molar-refractivity contribution is -0.143. The maximum Gasteiger partial charge on any atom is 0.305 e. The summed E-state index contributed by atoms with van der Waals surface area (Å²) in [6, 6.07) is 12.5. The van der Waals surface area contributed by atoms with Gasteiger partial charge in [-0.1, -0.05) is 24.3 Å².